The number of carbonyl (C=O) groups excluding carboxylic acids is 1. The van der Waals surface area contributed by atoms with Crippen LogP contribution in [-0.4, -0.2) is 5.78 Å². The Balaban J connectivity index is 1.57. The van der Waals surface area contributed by atoms with Crippen molar-refractivity contribution in [1.82, 2.24) is 0 Å². The molecule has 1 unspecified atom stereocenters. The van der Waals surface area contributed by atoms with E-state index in [2.05, 4.69) is 65.8 Å². The van der Waals surface area contributed by atoms with E-state index in [1.807, 2.05) is 6.08 Å². The van der Waals surface area contributed by atoms with E-state index < -0.39 is 0 Å². The highest BCUT2D eigenvalue weighted by atomic mass is 16.1. The van der Waals surface area contributed by atoms with Gasteiger partial charge >= 0.3 is 0 Å². The molecule has 0 bridgehead atoms. The molecule has 1 heteroatoms. The molecule has 8 atom stereocenters. The second-order valence-electron chi connectivity index (χ2n) is 11.7. The smallest absolute Gasteiger partial charge is 0.156 e. The third-order valence-corrected chi connectivity index (χ3v) is 9.99. The van der Waals surface area contributed by atoms with Gasteiger partial charge in [0, 0.05) is 6.42 Å². The number of ketones is 1. The van der Waals surface area contributed by atoms with Crippen LogP contribution in [0.1, 0.15) is 80.1 Å². The summed E-state index contributed by atoms with van der Waals surface area (Å²) < 4.78 is 0. The highest BCUT2D eigenvalue weighted by molar-refractivity contribution is 5.92. The van der Waals surface area contributed by atoms with Gasteiger partial charge in [-0.25, -0.2) is 0 Å². The molecule has 4 aliphatic carbocycles. The summed E-state index contributed by atoms with van der Waals surface area (Å²) in [5.41, 5.74) is 2.02. The van der Waals surface area contributed by atoms with Gasteiger partial charge in [0.25, 0.3) is 0 Å². The van der Waals surface area contributed by atoms with Crippen molar-refractivity contribution in [3.05, 3.63) is 36.0 Å². The van der Waals surface area contributed by atoms with Crippen molar-refractivity contribution in [2.45, 2.75) is 80.1 Å². The predicted molar refractivity (Wildman–Crippen MR) is 122 cm³/mol. The SMILES string of the molecule is CC(C)C(C)/C=C/[C@@H](C)[C@H]1CC[C@H]2[C@@H]3C=CC4=CC(=O)CC[C@]4(C)[C@H]3CC[C@]12C. The number of carbonyl (C=O) groups is 1. The van der Waals surface area contributed by atoms with Crippen molar-refractivity contribution < 1.29 is 4.79 Å². The summed E-state index contributed by atoms with van der Waals surface area (Å²) in [7, 11) is 0. The van der Waals surface area contributed by atoms with Gasteiger partial charge in [-0.05, 0) is 96.0 Å². The normalized spacial score (nSPS) is 43.7. The van der Waals surface area contributed by atoms with Crippen molar-refractivity contribution in [2.24, 2.45) is 52.3 Å². The van der Waals surface area contributed by atoms with E-state index >= 15 is 0 Å². The van der Waals surface area contributed by atoms with Crippen LogP contribution in [0.25, 0.3) is 0 Å². The standard InChI is InChI=1S/C28H42O/c1-18(2)19(3)7-8-20(4)24-11-12-25-23-10-9-21-17-22(29)13-15-27(21,5)26(23)14-16-28(24,25)6/h7-10,17-20,23-26H,11-16H2,1-6H3/b8-7+/t19?,20-,23+,24-,25+,26+,27+,28-/m1/s1. The van der Waals surface area contributed by atoms with Crippen molar-refractivity contribution in [2.75, 3.05) is 0 Å². The Morgan fingerprint density at radius 1 is 1.00 bits per heavy atom. The third-order valence-electron chi connectivity index (χ3n) is 9.99. The van der Waals surface area contributed by atoms with E-state index in [1.54, 1.807) is 0 Å². The molecule has 0 aliphatic heterocycles. The van der Waals surface area contributed by atoms with Crippen LogP contribution >= 0.6 is 0 Å². The zero-order valence-corrected chi connectivity index (χ0v) is 19.6. The molecule has 1 nitrogen and oxygen atoms in total. The summed E-state index contributed by atoms with van der Waals surface area (Å²) in [6.07, 6.45) is 19.1. The molecule has 0 heterocycles. The molecule has 2 saturated carbocycles. The van der Waals surface area contributed by atoms with Crippen molar-refractivity contribution in [3.63, 3.8) is 0 Å². The van der Waals surface area contributed by atoms with Crippen LogP contribution in [0.3, 0.4) is 0 Å². The average Bonchev–Trinajstić information content (AvgIpc) is 3.03. The molecule has 4 rings (SSSR count). The Hall–Kier alpha value is -1.11. The number of hydrogen-bond acceptors (Lipinski definition) is 1. The first-order valence-electron chi connectivity index (χ1n) is 12.3. The summed E-state index contributed by atoms with van der Waals surface area (Å²) in [5, 5.41) is 0. The van der Waals surface area contributed by atoms with Crippen LogP contribution < -0.4 is 0 Å². The molecular weight excluding hydrogens is 352 g/mol. The Morgan fingerprint density at radius 3 is 2.48 bits per heavy atom. The van der Waals surface area contributed by atoms with Gasteiger partial charge in [-0.1, -0.05) is 65.8 Å². The summed E-state index contributed by atoms with van der Waals surface area (Å²) in [6, 6.07) is 0. The van der Waals surface area contributed by atoms with Gasteiger partial charge < -0.3 is 0 Å². The van der Waals surface area contributed by atoms with E-state index in [-0.39, 0.29) is 5.41 Å². The van der Waals surface area contributed by atoms with E-state index in [1.165, 1.54) is 31.3 Å². The Kier molecular flexibility index (Phi) is 5.50. The predicted octanol–water partition coefficient (Wildman–Crippen LogP) is 7.39. The molecule has 0 aromatic heterocycles. The van der Waals surface area contributed by atoms with Crippen LogP contribution in [-0.2, 0) is 4.79 Å². The lowest BCUT2D eigenvalue weighted by molar-refractivity contribution is -0.116. The molecule has 4 aliphatic rings. The molecule has 0 amide bonds. The summed E-state index contributed by atoms with van der Waals surface area (Å²) in [5.74, 6) is 5.46. The molecular formula is C28H42O. The highest BCUT2D eigenvalue weighted by Crippen LogP contribution is 2.66. The first-order chi connectivity index (χ1) is 13.7. The highest BCUT2D eigenvalue weighted by Gasteiger charge is 2.58. The molecule has 0 aromatic rings. The van der Waals surface area contributed by atoms with Crippen LogP contribution in [0.4, 0.5) is 0 Å². The number of rotatable bonds is 4. The Bertz CT molecular complexity index is 739. The minimum atomic E-state index is 0.227. The van der Waals surface area contributed by atoms with E-state index in [0.717, 1.165) is 36.5 Å². The molecule has 160 valence electrons. The van der Waals surface area contributed by atoms with E-state index in [0.29, 0.717) is 29.0 Å². The second kappa shape index (κ2) is 7.54. The third kappa shape index (κ3) is 3.41. The topological polar surface area (TPSA) is 17.1 Å². The zero-order chi connectivity index (χ0) is 21.0. The largest absolute Gasteiger partial charge is 0.295 e. The van der Waals surface area contributed by atoms with Crippen LogP contribution in [0, 0.1) is 52.3 Å². The first-order valence-corrected chi connectivity index (χ1v) is 12.3. The maximum Gasteiger partial charge on any atom is 0.156 e. The fraction of sp³-hybridized carbons (Fsp3) is 0.750. The molecule has 0 radical (unpaired) electrons. The number of hydrogen-bond donors (Lipinski definition) is 0. The maximum atomic E-state index is 12.0. The molecule has 0 spiro atoms. The van der Waals surface area contributed by atoms with Crippen LogP contribution in [0.15, 0.2) is 36.0 Å². The molecule has 0 N–H and O–H groups in total. The van der Waals surface area contributed by atoms with Crippen LogP contribution in [0.2, 0.25) is 0 Å². The molecule has 0 aromatic carbocycles. The lowest BCUT2D eigenvalue weighted by atomic mass is 9.48. The van der Waals surface area contributed by atoms with Gasteiger partial charge in [-0.3, -0.25) is 4.79 Å². The quantitative estimate of drug-likeness (QED) is 0.454. The summed E-state index contributed by atoms with van der Waals surface area (Å²) in [6.45, 7) is 14.6. The molecule has 2 fully saturated rings. The first kappa shape index (κ1) is 21.1. The molecule has 29 heavy (non-hydrogen) atoms. The monoisotopic (exact) mass is 394 g/mol. The van der Waals surface area contributed by atoms with Crippen molar-refractivity contribution in [3.8, 4) is 0 Å². The fourth-order valence-corrected chi connectivity index (χ4v) is 7.61. The number of allylic oxidation sites excluding steroid dienone is 6. The maximum absolute atomic E-state index is 12.0. The number of fused-ring (bicyclic) bond motifs is 5. The Labute approximate surface area is 179 Å². The summed E-state index contributed by atoms with van der Waals surface area (Å²) in [4.78, 5) is 12.0. The van der Waals surface area contributed by atoms with Gasteiger partial charge in [-0.2, -0.15) is 0 Å². The van der Waals surface area contributed by atoms with E-state index in [4.69, 9.17) is 0 Å². The minimum absolute atomic E-state index is 0.227. The lowest BCUT2D eigenvalue weighted by Crippen LogP contribution is -2.49. The van der Waals surface area contributed by atoms with Crippen molar-refractivity contribution in [1.29, 1.82) is 0 Å². The van der Waals surface area contributed by atoms with Gasteiger partial charge in [0.2, 0.25) is 0 Å². The zero-order valence-electron chi connectivity index (χ0n) is 19.6. The second-order valence-corrected chi connectivity index (χ2v) is 11.7. The fourth-order valence-electron chi connectivity index (χ4n) is 7.61. The lowest BCUT2D eigenvalue weighted by Gasteiger charge is -2.56. The van der Waals surface area contributed by atoms with Crippen LogP contribution in [0.5, 0.6) is 0 Å². The minimum Gasteiger partial charge on any atom is -0.295 e. The van der Waals surface area contributed by atoms with Crippen molar-refractivity contribution >= 4 is 5.78 Å². The Morgan fingerprint density at radius 2 is 1.76 bits per heavy atom. The summed E-state index contributed by atoms with van der Waals surface area (Å²) >= 11 is 0. The van der Waals surface area contributed by atoms with Gasteiger partial charge in [-0.15, -0.1) is 0 Å². The van der Waals surface area contributed by atoms with Gasteiger partial charge in [0.1, 0.15) is 0 Å². The average molecular weight is 395 g/mol. The van der Waals surface area contributed by atoms with Gasteiger partial charge in [0.15, 0.2) is 5.78 Å². The van der Waals surface area contributed by atoms with E-state index in [9.17, 15) is 4.79 Å². The molecule has 0 saturated heterocycles. The van der Waals surface area contributed by atoms with Gasteiger partial charge in [0.05, 0.1) is 0 Å².